The van der Waals surface area contributed by atoms with E-state index < -0.39 is 0 Å². The molecule has 3 heterocycles. The average molecular weight is 210 g/mol. The van der Waals surface area contributed by atoms with Crippen LogP contribution < -0.4 is 0 Å². The van der Waals surface area contributed by atoms with Crippen LogP contribution in [0, 0.1) is 11.8 Å². The van der Waals surface area contributed by atoms with Gasteiger partial charge < -0.3 is 18.9 Å². The minimum atomic E-state index is -0.0993. The average Bonchev–Trinajstić information content (AvgIpc) is 3.03. The highest BCUT2D eigenvalue weighted by atomic mass is 16.8. The van der Waals surface area contributed by atoms with Gasteiger partial charge in [-0.1, -0.05) is 0 Å². The van der Waals surface area contributed by atoms with Gasteiger partial charge in [0.2, 0.25) is 0 Å². The van der Waals surface area contributed by atoms with Crippen molar-refractivity contribution in [1.29, 1.82) is 0 Å². The molecule has 5 fully saturated rings. The van der Waals surface area contributed by atoms with Crippen molar-refractivity contribution in [3.63, 3.8) is 0 Å². The van der Waals surface area contributed by atoms with Crippen LogP contribution in [0.2, 0.25) is 0 Å². The van der Waals surface area contributed by atoms with Gasteiger partial charge in [-0.25, -0.2) is 0 Å². The number of fused-ring (bicyclic) bond motifs is 8. The molecule has 0 spiro atoms. The monoisotopic (exact) mass is 210 g/mol. The predicted molar refractivity (Wildman–Crippen MR) is 48.1 cm³/mol. The summed E-state index contributed by atoms with van der Waals surface area (Å²) in [6.45, 7) is 2.07. The Balaban J connectivity index is 1.41. The number of ether oxygens (including phenoxy) is 4. The highest BCUT2D eigenvalue weighted by Crippen LogP contribution is 2.60. The second-order valence-corrected chi connectivity index (χ2v) is 5.50. The molecule has 3 aliphatic heterocycles. The van der Waals surface area contributed by atoms with E-state index in [1.54, 1.807) is 0 Å². The number of epoxide rings is 2. The maximum atomic E-state index is 5.98. The lowest BCUT2D eigenvalue weighted by atomic mass is 9.95. The minimum absolute atomic E-state index is 0.0993. The van der Waals surface area contributed by atoms with E-state index in [4.69, 9.17) is 18.9 Å². The van der Waals surface area contributed by atoms with E-state index in [0.717, 1.165) is 0 Å². The Bertz CT molecular complexity index is 311. The SMILES string of the molecule is CC1OC1C1OC2C3CC(C2O1)C1OC31. The molecular weight excluding hydrogens is 196 g/mol. The van der Waals surface area contributed by atoms with Crippen LogP contribution in [-0.4, -0.2) is 42.9 Å². The fraction of sp³-hybridized carbons (Fsp3) is 1.00. The third kappa shape index (κ3) is 0.848. The normalized spacial score (nSPS) is 73.0. The molecule has 5 rings (SSSR count). The van der Waals surface area contributed by atoms with Crippen molar-refractivity contribution in [3.8, 4) is 0 Å². The third-order valence-corrected chi connectivity index (χ3v) is 4.73. The third-order valence-electron chi connectivity index (χ3n) is 4.73. The number of rotatable bonds is 1. The fourth-order valence-electron chi connectivity index (χ4n) is 3.88. The van der Waals surface area contributed by atoms with Crippen LogP contribution in [0.5, 0.6) is 0 Å². The zero-order valence-corrected chi connectivity index (χ0v) is 8.54. The van der Waals surface area contributed by atoms with Gasteiger partial charge in [-0.05, 0) is 13.3 Å². The van der Waals surface area contributed by atoms with Crippen molar-refractivity contribution < 1.29 is 18.9 Å². The van der Waals surface area contributed by atoms with Crippen LogP contribution in [0.1, 0.15) is 13.3 Å². The van der Waals surface area contributed by atoms with Crippen molar-refractivity contribution in [2.24, 2.45) is 11.8 Å². The summed E-state index contributed by atoms with van der Waals surface area (Å²) in [7, 11) is 0. The Kier molecular flexibility index (Phi) is 1.20. The molecule has 8 atom stereocenters. The van der Waals surface area contributed by atoms with Gasteiger partial charge in [0.05, 0.1) is 30.5 Å². The van der Waals surface area contributed by atoms with Crippen molar-refractivity contribution in [3.05, 3.63) is 0 Å². The lowest BCUT2D eigenvalue weighted by Gasteiger charge is -2.17. The molecule has 0 aromatic heterocycles. The molecule has 0 amide bonds. The van der Waals surface area contributed by atoms with Crippen LogP contribution in [0.15, 0.2) is 0 Å². The van der Waals surface area contributed by atoms with E-state index in [1.807, 2.05) is 0 Å². The Morgan fingerprint density at radius 3 is 1.80 bits per heavy atom. The van der Waals surface area contributed by atoms with Gasteiger partial charge in [0, 0.05) is 11.8 Å². The van der Waals surface area contributed by atoms with Gasteiger partial charge in [0.15, 0.2) is 6.29 Å². The first-order valence-electron chi connectivity index (χ1n) is 5.95. The number of hydrogen-bond acceptors (Lipinski definition) is 4. The summed E-state index contributed by atoms with van der Waals surface area (Å²) < 4.78 is 23.0. The molecule has 2 bridgehead atoms. The summed E-state index contributed by atoms with van der Waals surface area (Å²) in [4.78, 5) is 0. The maximum Gasteiger partial charge on any atom is 0.187 e. The smallest absolute Gasteiger partial charge is 0.187 e. The van der Waals surface area contributed by atoms with Crippen molar-refractivity contribution in [2.45, 2.75) is 56.3 Å². The molecule has 3 saturated heterocycles. The summed E-state index contributed by atoms with van der Waals surface area (Å²) in [6, 6.07) is 0. The molecule has 2 aliphatic carbocycles. The summed E-state index contributed by atoms with van der Waals surface area (Å²) in [5.41, 5.74) is 0. The first-order valence-corrected chi connectivity index (χ1v) is 5.95. The topological polar surface area (TPSA) is 43.5 Å². The summed E-state index contributed by atoms with van der Waals surface area (Å²) in [5.74, 6) is 1.20. The van der Waals surface area contributed by atoms with Crippen LogP contribution in [0.3, 0.4) is 0 Å². The zero-order valence-electron chi connectivity index (χ0n) is 8.54. The number of hydrogen-bond donors (Lipinski definition) is 0. The van der Waals surface area contributed by atoms with E-state index in [1.165, 1.54) is 6.42 Å². The van der Waals surface area contributed by atoms with Gasteiger partial charge in [-0.2, -0.15) is 0 Å². The highest BCUT2D eigenvalue weighted by molar-refractivity contribution is 5.17. The van der Waals surface area contributed by atoms with Crippen LogP contribution in [0.25, 0.3) is 0 Å². The van der Waals surface area contributed by atoms with E-state index in [0.29, 0.717) is 42.4 Å². The van der Waals surface area contributed by atoms with E-state index >= 15 is 0 Å². The summed E-state index contributed by atoms with van der Waals surface area (Å²) in [5, 5.41) is 0. The molecule has 5 aliphatic rings. The summed E-state index contributed by atoms with van der Waals surface area (Å²) >= 11 is 0. The minimum Gasteiger partial charge on any atom is -0.369 e. The largest absolute Gasteiger partial charge is 0.369 e. The Morgan fingerprint density at radius 1 is 0.733 bits per heavy atom. The van der Waals surface area contributed by atoms with E-state index in [9.17, 15) is 0 Å². The van der Waals surface area contributed by atoms with E-state index in [-0.39, 0.29) is 12.4 Å². The molecule has 4 nitrogen and oxygen atoms in total. The van der Waals surface area contributed by atoms with Gasteiger partial charge in [0.25, 0.3) is 0 Å². The molecule has 0 N–H and O–H groups in total. The lowest BCUT2D eigenvalue weighted by molar-refractivity contribution is -0.100. The molecule has 2 saturated carbocycles. The molecule has 8 unspecified atom stereocenters. The summed E-state index contributed by atoms with van der Waals surface area (Å²) in [6.07, 6.45) is 3.23. The van der Waals surface area contributed by atoms with Gasteiger partial charge in [0.1, 0.15) is 6.10 Å². The van der Waals surface area contributed by atoms with E-state index in [2.05, 4.69) is 6.92 Å². The van der Waals surface area contributed by atoms with Crippen LogP contribution >= 0.6 is 0 Å². The second-order valence-electron chi connectivity index (χ2n) is 5.50. The van der Waals surface area contributed by atoms with Crippen molar-refractivity contribution in [1.82, 2.24) is 0 Å². The highest BCUT2D eigenvalue weighted by Gasteiger charge is 2.71. The van der Waals surface area contributed by atoms with Crippen molar-refractivity contribution in [2.75, 3.05) is 0 Å². The molecule has 15 heavy (non-hydrogen) atoms. The molecule has 82 valence electrons. The molecule has 0 aromatic carbocycles. The molecule has 0 aromatic rings. The molecule has 0 radical (unpaired) electrons. The lowest BCUT2D eigenvalue weighted by Crippen LogP contribution is -2.33. The molecule has 4 heteroatoms. The standard InChI is InChI=1S/C11H14O4/c1-3-6(12-3)11-14-9-4-2-5(10(9)15-11)8-7(4)13-8/h3-11H,2H2,1H3. The van der Waals surface area contributed by atoms with Gasteiger partial charge in [-0.3, -0.25) is 0 Å². The fourth-order valence-corrected chi connectivity index (χ4v) is 3.88. The first kappa shape index (κ1) is 8.01. The maximum absolute atomic E-state index is 5.98. The van der Waals surface area contributed by atoms with Crippen LogP contribution in [-0.2, 0) is 18.9 Å². The predicted octanol–water partition coefficient (Wildman–Crippen LogP) is 0.301. The Morgan fingerprint density at radius 2 is 1.27 bits per heavy atom. The van der Waals surface area contributed by atoms with Gasteiger partial charge >= 0.3 is 0 Å². The van der Waals surface area contributed by atoms with Crippen LogP contribution in [0.4, 0.5) is 0 Å². The quantitative estimate of drug-likeness (QED) is 0.584. The second kappa shape index (κ2) is 2.25. The zero-order chi connectivity index (χ0) is 9.73. The Hall–Kier alpha value is -0.160. The first-order chi connectivity index (χ1) is 7.33. The van der Waals surface area contributed by atoms with Gasteiger partial charge in [-0.15, -0.1) is 0 Å². The molecular formula is C11H14O4. The Labute approximate surface area is 87.8 Å². The van der Waals surface area contributed by atoms with Crippen molar-refractivity contribution >= 4 is 0 Å².